The molecule has 1 aromatic rings. The third-order valence-corrected chi connectivity index (χ3v) is 3.95. The summed E-state index contributed by atoms with van der Waals surface area (Å²) < 4.78 is 15.8. The summed E-state index contributed by atoms with van der Waals surface area (Å²) in [5.74, 6) is 0.926. The minimum atomic E-state index is -0.00799. The van der Waals surface area contributed by atoms with Crippen molar-refractivity contribution >= 4 is 18.3 Å². The molecule has 2 rings (SSSR count). The molecular formula is C17H27ClN2O4. The molecule has 0 saturated carbocycles. The van der Waals surface area contributed by atoms with Crippen LogP contribution < -0.4 is 10.1 Å². The van der Waals surface area contributed by atoms with Crippen molar-refractivity contribution in [3.8, 4) is 5.75 Å². The van der Waals surface area contributed by atoms with Crippen molar-refractivity contribution in [2.45, 2.75) is 12.5 Å². The molecule has 1 aliphatic heterocycles. The second kappa shape index (κ2) is 11.3. The topological polar surface area (TPSA) is 60.0 Å². The van der Waals surface area contributed by atoms with Crippen LogP contribution in [0, 0.1) is 0 Å². The van der Waals surface area contributed by atoms with E-state index in [4.69, 9.17) is 14.2 Å². The van der Waals surface area contributed by atoms with Gasteiger partial charge in [0.05, 0.1) is 39.4 Å². The number of piperazine rings is 1. The number of nitrogens with one attached hydrogen (secondary N) is 1. The van der Waals surface area contributed by atoms with Crippen LogP contribution in [0.5, 0.6) is 5.75 Å². The molecule has 1 saturated heterocycles. The third-order valence-electron chi connectivity index (χ3n) is 3.95. The molecule has 1 fully saturated rings. The standard InChI is InChI=1S/C17H26N2O4.ClH/c1-21-11-12-23-10-7-17(20)19-9-8-18-13-15(19)14-5-3-4-6-16(14)22-2;/h3-6,15,18H,7-13H2,1-2H3;1H. The molecule has 0 radical (unpaired) electrons. The van der Waals surface area contributed by atoms with Crippen LogP contribution in [-0.4, -0.2) is 64.5 Å². The van der Waals surface area contributed by atoms with Crippen molar-refractivity contribution in [2.75, 3.05) is 53.7 Å². The first-order valence-corrected chi connectivity index (χ1v) is 7.97. The quantitative estimate of drug-likeness (QED) is 0.716. The lowest BCUT2D eigenvalue weighted by Crippen LogP contribution is -2.49. The van der Waals surface area contributed by atoms with Gasteiger partial charge in [0.15, 0.2) is 0 Å². The average Bonchev–Trinajstić information content (AvgIpc) is 2.61. The second-order valence-electron chi connectivity index (χ2n) is 5.40. The van der Waals surface area contributed by atoms with Gasteiger partial charge in [0.2, 0.25) is 5.91 Å². The van der Waals surface area contributed by atoms with Gasteiger partial charge < -0.3 is 24.4 Å². The number of amides is 1. The average molecular weight is 359 g/mol. The van der Waals surface area contributed by atoms with Gasteiger partial charge in [-0.1, -0.05) is 18.2 Å². The number of benzene rings is 1. The summed E-state index contributed by atoms with van der Waals surface area (Å²) in [6.07, 6.45) is 0.384. The SMILES string of the molecule is COCCOCCC(=O)N1CCNCC1c1ccccc1OC.Cl. The Hall–Kier alpha value is -1.34. The van der Waals surface area contributed by atoms with Gasteiger partial charge in [-0.3, -0.25) is 4.79 Å². The Morgan fingerprint density at radius 3 is 2.79 bits per heavy atom. The predicted octanol–water partition coefficient (Wildman–Crippen LogP) is 1.64. The van der Waals surface area contributed by atoms with E-state index < -0.39 is 0 Å². The van der Waals surface area contributed by atoms with E-state index in [9.17, 15) is 4.79 Å². The molecule has 1 aliphatic rings. The fourth-order valence-electron chi connectivity index (χ4n) is 2.77. The number of hydrogen-bond donors (Lipinski definition) is 1. The predicted molar refractivity (Wildman–Crippen MR) is 94.9 cm³/mol. The van der Waals surface area contributed by atoms with Crippen LogP contribution in [0.2, 0.25) is 0 Å². The molecule has 0 aliphatic carbocycles. The highest BCUT2D eigenvalue weighted by Gasteiger charge is 2.29. The molecule has 1 aromatic carbocycles. The monoisotopic (exact) mass is 358 g/mol. The summed E-state index contributed by atoms with van der Waals surface area (Å²) in [6, 6.07) is 7.86. The normalized spacial score (nSPS) is 17.2. The number of carbonyl (C=O) groups excluding carboxylic acids is 1. The van der Waals surface area contributed by atoms with E-state index in [1.165, 1.54) is 0 Å². The van der Waals surface area contributed by atoms with Crippen molar-refractivity contribution in [1.29, 1.82) is 0 Å². The van der Waals surface area contributed by atoms with Crippen LogP contribution in [0.3, 0.4) is 0 Å². The zero-order valence-corrected chi connectivity index (χ0v) is 15.1. The van der Waals surface area contributed by atoms with E-state index in [0.29, 0.717) is 32.8 Å². The minimum Gasteiger partial charge on any atom is -0.496 e. The maximum atomic E-state index is 12.6. The van der Waals surface area contributed by atoms with Gasteiger partial charge >= 0.3 is 0 Å². The first kappa shape index (κ1) is 20.7. The first-order chi connectivity index (χ1) is 11.3. The van der Waals surface area contributed by atoms with Gasteiger partial charge in [-0.25, -0.2) is 0 Å². The summed E-state index contributed by atoms with van der Waals surface area (Å²) in [5.41, 5.74) is 1.04. The molecule has 0 spiro atoms. The summed E-state index contributed by atoms with van der Waals surface area (Å²) in [5, 5.41) is 3.36. The van der Waals surface area contributed by atoms with Crippen LogP contribution in [0.4, 0.5) is 0 Å². The van der Waals surface area contributed by atoms with Gasteiger partial charge in [-0.15, -0.1) is 12.4 Å². The smallest absolute Gasteiger partial charge is 0.225 e. The number of ether oxygens (including phenoxy) is 3. The minimum absolute atomic E-state index is 0. The van der Waals surface area contributed by atoms with Gasteiger partial charge in [-0.2, -0.15) is 0 Å². The molecule has 136 valence electrons. The van der Waals surface area contributed by atoms with Gasteiger partial charge in [-0.05, 0) is 6.07 Å². The fourth-order valence-corrected chi connectivity index (χ4v) is 2.77. The van der Waals surface area contributed by atoms with Crippen molar-refractivity contribution in [2.24, 2.45) is 0 Å². The van der Waals surface area contributed by atoms with Crippen molar-refractivity contribution in [3.05, 3.63) is 29.8 Å². The van der Waals surface area contributed by atoms with Crippen LogP contribution in [0.1, 0.15) is 18.0 Å². The summed E-state index contributed by atoms with van der Waals surface area (Å²) in [7, 11) is 3.29. The molecule has 1 amide bonds. The number of carbonyl (C=O) groups is 1. The molecule has 6 nitrogen and oxygen atoms in total. The van der Waals surface area contributed by atoms with Crippen molar-refractivity contribution in [1.82, 2.24) is 10.2 Å². The molecule has 1 unspecified atom stereocenters. The number of rotatable bonds is 8. The number of hydrogen-bond acceptors (Lipinski definition) is 5. The first-order valence-electron chi connectivity index (χ1n) is 7.97. The van der Waals surface area contributed by atoms with Crippen LogP contribution in [-0.2, 0) is 14.3 Å². The zero-order valence-electron chi connectivity index (χ0n) is 14.3. The number of para-hydroxylation sites is 1. The Labute approximate surface area is 149 Å². The van der Waals surface area contributed by atoms with Crippen LogP contribution in [0.25, 0.3) is 0 Å². The Morgan fingerprint density at radius 1 is 1.25 bits per heavy atom. The zero-order chi connectivity index (χ0) is 16.5. The van der Waals surface area contributed by atoms with Crippen LogP contribution >= 0.6 is 12.4 Å². The Morgan fingerprint density at radius 2 is 2.04 bits per heavy atom. The Balaban J connectivity index is 0.00000288. The molecule has 1 atom stereocenters. The lowest BCUT2D eigenvalue weighted by Gasteiger charge is -2.37. The molecule has 24 heavy (non-hydrogen) atoms. The van der Waals surface area contributed by atoms with E-state index in [1.54, 1.807) is 14.2 Å². The molecular weight excluding hydrogens is 332 g/mol. The lowest BCUT2D eigenvalue weighted by atomic mass is 10.0. The largest absolute Gasteiger partial charge is 0.496 e. The molecule has 1 heterocycles. The van der Waals surface area contributed by atoms with Crippen molar-refractivity contribution in [3.63, 3.8) is 0 Å². The summed E-state index contributed by atoms with van der Waals surface area (Å²) in [6.45, 7) is 3.72. The molecule has 1 N–H and O–H groups in total. The number of methoxy groups -OCH3 is 2. The summed E-state index contributed by atoms with van der Waals surface area (Å²) in [4.78, 5) is 14.5. The maximum Gasteiger partial charge on any atom is 0.225 e. The highest BCUT2D eigenvalue weighted by Crippen LogP contribution is 2.30. The number of halogens is 1. The molecule has 7 heteroatoms. The highest BCUT2D eigenvalue weighted by atomic mass is 35.5. The second-order valence-corrected chi connectivity index (χ2v) is 5.40. The summed E-state index contributed by atoms with van der Waals surface area (Å²) >= 11 is 0. The Bertz CT molecular complexity index is 501. The van der Waals surface area contributed by atoms with Gasteiger partial charge in [0, 0.05) is 32.3 Å². The van der Waals surface area contributed by atoms with E-state index in [1.807, 2.05) is 29.2 Å². The fraction of sp³-hybridized carbons (Fsp3) is 0.588. The third kappa shape index (κ3) is 5.63. The number of nitrogens with zero attached hydrogens (tertiary/aromatic N) is 1. The van der Waals surface area contributed by atoms with E-state index >= 15 is 0 Å². The van der Waals surface area contributed by atoms with Gasteiger partial charge in [0.1, 0.15) is 5.75 Å². The molecule has 0 aromatic heterocycles. The highest BCUT2D eigenvalue weighted by molar-refractivity contribution is 5.85. The Kier molecular flexibility index (Phi) is 9.71. The van der Waals surface area contributed by atoms with Crippen molar-refractivity contribution < 1.29 is 19.0 Å². The van der Waals surface area contributed by atoms with E-state index in [2.05, 4.69) is 5.32 Å². The van der Waals surface area contributed by atoms with E-state index in [-0.39, 0.29) is 24.4 Å². The van der Waals surface area contributed by atoms with Gasteiger partial charge in [0.25, 0.3) is 0 Å². The van der Waals surface area contributed by atoms with E-state index in [0.717, 1.165) is 24.4 Å². The molecule has 0 bridgehead atoms. The van der Waals surface area contributed by atoms with Crippen LogP contribution in [0.15, 0.2) is 24.3 Å². The maximum absolute atomic E-state index is 12.6. The lowest BCUT2D eigenvalue weighted by molar-refractivity contribution is -0.135.